The van der Waals surface area contributed by atoms with Crippen molar-refractivity contribution in [2.45, 2.75) is 57.5 Å². The monoisotopic (exact) mass is 401 g/mol. The standard InChI is InChI=1S/C24H34O3P/c1-26-23-17-13-18-24(27-2)22(23)20-28(25)19-12-7-5-3-4-6-9-14-21-15-10-8-11-16-21/h8,10-11,13,15-18H,3-7,9,12,14,19-20H2,1-2H3/q+1. The van der Waals surface area contributed by atoms with E-state index in [0.717, 1.165) is 29.6 Å². The molecule has 2 rings (SSSR count). The minimum absolute atomic E-state index is 0.530. The van der Waals surface area contributed by atoms with Gasteiger partial charge in [-0.2, -0.15) is 0 Å². The van der Waals surface area contributed by atoms with Gasteiger partial charge in [-0.05, 0) is 43.4 Å². The van der Waals surface area contributed by atoms with Gasteiger partial charge in [0.05, 0.1) is 19.8 Å². The molecular weight excluding hydrogens is 367 g/mol. The predicted octanol–water partition coefficient (Wildman–Crippen LogP) is 7.00. The molecule has 0 aliphatic heterocycles. The highest BCUT2D eigenvalue weighted by Crippen LogP contribution is 2.37. The molecule has 0 amide bonds. The molecule has 4 heteroatoms. The molecule has 0 saturated heterocycles. The van der Waals surface area contributed by atoms with E-state index in [9.17, 15) is 4.57 Å². The smallest absolute Gasteiger partial charge is 0.343 e. The van der Waals surface area contributed by atoms with Gasteiger partial charge >= 0.3 is 7.80 Å². The number of rotatable bonds is 14. The van der Waals surface area contributed by atoms with Crippen molar-refractivity contribution in [3.63, 3.8) is 0 Å². The van der Waals surface area contributed by atoms with Crippen LogP contribution in [0.25, 0.3) is 0 Å². The Morgan fingerprint density at radius 1 is 0.714 bits per heavy atom. The van der Waals surface area contributed by atoms with Gasteiger partial charge in [0.2, 0.25) is 0 Å². The zero-order valence-electron chi connectivity index (χ0n) is 17.4. The first-order chi connectivity index (χ1) is 13.7. The van der Waals surface area contributed by atoms with Gasteiger partial charge in [0.15, 0.2) is 6.16 Å². The highest BCUT2D eigenvalue weighted by atomic mass is 31.1. The van der Waals surface area contributed by atoms with E-state index < -0.39 is 7.80 Å². The predicted molar refractivity (Wildman–Crippen MR) is 118 cm³/mol. The molecule has 0 aliphatic rings. The van der Waals surface area contributed by atoms with E-state index in [2.05, 4.69) is 30.3 Å². The number of ether oxygens (including phenoxy) is 2. The fourth-order valence-electron chi connectivity index (χ4n) is 3.49. The molecule has 3 nitrogen and oxygen atoms in total. The zero-order chi connectivity index (χ0) is 20.0. The highest BCUT2D eigenvalue weighted by molar-refractivity contribution is 7.43. The number of methoxy groups -OCH3 is 2. The van der Waals surface area contributed by atoms with Gasteiger partial charge in [-0.25, -0.2) is 0 Å². The summed E-state index contributed by atoms with van der Waals surface area (Å²) in [4.78, 5) is 0. The second-order valence-corrected chi connectivity index (χ2v) is 8.94. The van der Waals surface area contributed by atoms with Gasteiger partial charge < -0.3 is 9.47 Å². The Hall–Kier alpha value is -1.86. The summed E-state index contributed by atoms with van der Waals surface area (Å²) in [5.74, 6) is 1.52. The summed E-state index contributed by atoms with van der Waals surface area (Å²) < 4.78 is 23.3. The largest absolute Gasteiger partial charge is 0.496 e. The minimum atomic E-state index is -1.27. The molecule has 0 spiro atoms. The van der Waals surface area contributed by atoms with Crippen molar-refractivity contribution < 1.29 is 14.0 Å². The summed E-state index contributed by atoms with van der Waals surface area (Å²) in [6.07, 6.45) is 11.1. The second kappa shape index (κ2) is 13.3. The van der Waals surface area contributed by atoms with Crippen LogP contribution >= 0.6 is 7.80 Å². The summed E-state index contributed by atoms with van der Waals surface area (Å²) in [7, 11) is 2.02. The molecular formula is C24H34O3P+. The average Bonchev–Trinajstić information content (AvgIpc) is 2.73. The number of hydrogen-bond donors (Lipinski definition) is 0. The van der Waals surface area contributed by atoms with E-state index in [1.165, 1.54) is 50.5 Å². The third kappa shape index (κ3) is 8.02. The molecule has 0 aliphatic carbocycles. The molecule has 2 aromatic carbocycles. The quantitative estimate of drug-likeness (QED) is 0.252. The Morgan fingerprint density at radius 2 is 1.29 bits per heavy atom. The van der Waals surface area contributed by atoms with Crippen LogP contribution < -0.4 is 9.47 Å². The highest BCUT2D eigenvalue weighted by Gasteiger charge is 2.22. The van der Waals surface area contributed by atoms with Crippen molar-refractivity contribution in [3.05, 3.63) is 59.7 Å². The van der Waals surface area contributed by atoms with Crippen LogP contribution in [0, 0.1) is 0 Å². The molecule has 1 atom stereocenters. The van der Waals surface area contributed by atoms with Crippen LogP contribution in [0.2, 0.25) is 0 Å². The number of hydrogen-bond acceptors (Lipinski definition) is 3. The maximum absolute atomic E-state index is 12.5. The van der Waals surface area contributed by atoms with Gasteiger partial charge in [0.1, 0.15) is 17.7 Å². The maximum Gasteiger partial charge on any atom is 0.343 e. The Kier molecular flexibility index (Phi) is 10.7. The molecule has 152 valence electrons. The van der Waals surface area contributed by atoms with Gasteiger partial charge in [-0.3, -0.25) is 0 Å². The third-order valence-electron chi connectivity index (χ3n) is 5.08. The zero-order valence-corrected chi connectivity index (χ0v) is 18.3. The minimum Gasteiger partial charge on any atom is -0.496 e. The van der Waals surface area contributed by atoms with Crippen LogP contribution in [-0.2, 0) is 17.1 Å². The van der Waals surface area contributed by atoms with E-state index in [1.54, 1.807) is 14.2 Å². The molecule has 0 saturated carbocycles. The van der Waals surface area contributed by atoms with Crippen molar-refractivity contribution >= 4 is 7.80 Å². The van der Waals surface area contributed by atoms with Gasteiger partial charge in [-0.15, -0.1) is 0 Å². The van der Waals surface area contributed by atoms with E-state index >= 15 is 0 Å². The lowest BCUT2D eigenvalue weighted by molar-refractivity contribution is 0.387. The molecule has 0 bridgehead atoms. The topological polar surface area (TPSA) is 35.5 Å². The number of benzene rings is 2. The number of unbranched alkanes of at least 4 members (excludes halogenated alkanes) is 6. The molecule has 0 N–H and O–H groups in total. The lowest BCUT2D eigenvalue weighted by Gasteiger charge is -2.09. The van der Waals surface area contributed by atoms with Crippen LogP contribution in [0.5, 0.6) is 11.5 Å². The molecule has 2 aromatic rings. The maximum atomic E-state index is 12.5. The molecule has 28 heavy (non-hydrogen) atoms. The van der Waals surface area contributed by atoms with Gasteiger partial charge in [0, 0.05) is 0 Å². The van der Waals surface area contributed by atoms with Crippen LogP contribution in [0.1, 0.15) is 56.1 Å². The van der Waals surface area contributed by atoms with Gasteiger partial charge in [0.25, 0.3) is 0 Å². The average molecular weight is 402 g/mol. The molecule has 0 heterocycles. The summed E-state index contributed by atoms with van der Waals surface area (Å²) in [5.41, 5.74) is 2.37. The van der Waals surface area contributed by atoms with Crippen molar-refractivity contribution in [3.8, 4) is 11.5 Å². The van der Waals surface area contributed by atoms with Crippen molar-refractivity contribution in [2.24, 2.45) is 0 Å². The normalized spacial score (nSPS) is 11.3. The molecule has 0 radical (unpaired) electrons. The van der Waals surface area contributed by atoms with Crippen LogP contribution in [-0.4, -0.2) is 20.4 Å². The fraction of sp³-hybridized carbons (Fsp3) is 0.500. The molecule has 0 fully saturated rings. The second-order valence-electron chi connectivity index (χ2n) is 7.22. The van der Waals surface area contributed by atoms with E-state index in [4.69, 9.17) is 9.47 Å². The van der Waals surface area contributed by atoms with Crippen LogP contribution in [0.4, 0.5) is 0 Å². The van der Waals surface area contributed by atoms with Crippen molar-refractivity contribution in [1.29, 1.82) is 0 Å². The number of aryl methyl sites for hydroxylation is 1. The molecule has 0 aromatic heterocycles. The summed E-state index contributed by atoms with van der Waals surface area (Å²) >= 11 is 0. The lowest BCUT2D eigenvalue weighted by atomic mass is 10.0. The summed E-state index contributed by atoms with van der Waals surface area (Å²) in [5, 5.41) is 0. The lowest BCUT2D eigenvalue weighted by Crippen LogP contribution is -1.96. The summed E-state index contributed by atoms with van der Waals surface area (Å²) in [6.45, 7) is 0. The van der Waals surface area contributed by atoms with Crippen molar-refractivity contribution in [1.82, 2.24) is 0 Å². The Morgan fingerprint density at radius 3 is 1.89 bits per heavy atom. The Bertz CT molecular complexity index is 678. The Labute approximate surface area is 171 Å². The van der Waals surface area contributed by atoms with Crippen molar-refractivity contribution in [2.75, 3.05) is 20.4 Å². The van der Waals surface area contributed by atoms with E-state index in [-0.39, 0.29) is 0 Å². The SMILES string of the molecule is COc1cccc(OC)c1C[P+](=O)CCCCCCCCCc1ccccc1. The first-order valence-electron chi connectivity index (χ1n) is 10.4. The van der Waals surface area contributed by atoms with Crippen LogP contribution in [0.3, 0.4) is 0 Å². The third-order valence-corrected chi connectivity index (χ3v) is 6.56. The van der Waals surface area contributed by atoms with Crippen LogP contribution in [0.15, 0.2) is 48.5 Å². The fourth-order valence-corrected chi connectivity index (χ4v) is 4.88. The molecule has 1 unspecified atom stereocenters. The van der Waals surface area contributed by atoms with Gasteiger partial charge in [-0.1, -0.05) is 66.6 Å². The first-order valence-corrected chi connectivity index (χ1v) is 12.0. The first kappa shape index (κ1) is 22.4. The van der Waals surface area contributed by atoms with E-state index in [1.807, 2.05) is 18.2 Å². The summed E-state index contributed by atoms with van der Waals surface area (Å²) in [6, 6.07) is 16.4. The Balaban J connectivity index is 1.54. The van der Waals surface area contributed by atoms with E-state index in [0.29, 0.717) is 6.16 Å².